The van der Waals surface area contributed by atoms with Crippen molar-refractivity contribution in [2.75, 3.05) is 5.75 Å². The molecule has 106 valence electrons. The van der Waals surface area contributed by atoms with Gasteiger partial charge in [0.25, 0.3) is 0 Å². The lowest BCUT2D eigenvalue weighted by Crippen LogP contribution is -2.07. The minimum atomic E-state index is -3.38. The van der Waals surface area contributed by atoms with Gasteiger partial charge in [0.2, 0.25) is 0 Å². The summed E-state index contributed by atoms with van der Waals surface area (Å²) in [5.74, 6) is -0.459. The third-order valence-electron chi connectivity index (χ3n) is 3.13. The highest BCUT2D eigenvalue weighted by molar-refractivity contribution is 7.91. The van der Waals surface area contributed by atoms with E-state index in [1.54, 1.807) is 0 Å². The molecule has 0 aliphatic heterocycles. The van der Waals surface area contributed by atoms with E-state index in [9.17, 15) is 12.8 Å². The molecule has 0 saturated carbocycles. The molecule has 0 radical (unpaired) electrons. The average Bonchev–Trinajstić information content (AvgIpc) is 2.45. The van der Waals surface area contributed by atoms with Gasteiger partial charge in [0.15, 0.2) is 9.84 Å². The summed E-state index contributed by atoms with van der Waals surface area (Å²) in [6, 6.07) is 15.1. The Morgan fingerprint density at radius 1 is 0.900 bits per heavy atom. The van der Waals surface area contributed by atoms with Gasteiger partial charge in [-0.3, -0.25) is 0 Å². The first kappa shape index (κ1) is 14.7. The first-order valence-corrected chi connectivity index (χ1v) is 8.25. The summed E-state index contributed by atoms with van der Waals surface area (Å²) in [5, 5.41) is 0. The molecule has 0 saturated heterocycles. The molecule has 0 bridgehead atoms. The summed E-state index contributed by atoms with van der Waals surface area (Å²) in [7, 11) is -3.38. The number of rotatable bonds is 6. The summed E-state index contributed by atoms with van der Waals surface area (Å²) in [6.07, 6.45) is 2.24. The number of sulfone groups is 1. The van der Waals surface area contributed by atoms with Crippen LogP contribution in [0.3, 0.4) is 0 Å². The van der Waals surface area contributed by atoms with E-state index in [4.69, 9.17) is 0 Å². The molecule has 0 amide bonds. The average molecular weight is 292 g/mol. The van der Waals surface area contributed by atoms with Gasteiger partial charge in [0, 0.05) is 0 Å². The molecule has 0 heterocycles. The second kappa shape index (κ2) is 6.66. The molecule has 0 aliphatic rings. The van der Waals surface area contributed by atoms with Crippen LogP contribution in [0.1, 0.15) is 18.4 Å². The largest absolute Gasteiger partial charge is 0.224 e. The number of aryl methyl sites for hydroxylation is 1. The van der Waals surface area contributed by atoms with Gasteiger partial charge < -0.3 is 0 Å². The molecule has 0 atom stereocenters. The summed E-state index contributed by atoms with van der Waals surface area (Å²) >= 11 is 0. The number of unbranched alkanes of at least 4 members (excludes halogenated alkanes) is 1. The highest BCUT2D eigenvalue weighted by Crippen LogP contribution is 2.15. The number of hydrogen-bond acceptors (Lipinski definition) is 2. The van der Waals surface area contributed by atoms with E-state index in [1.807, 2.05) is 30.3 Å². The van der Waals surface area contributed by atoms with E-state index in [0.717, 1.165) is 18.9 Å². The SMILES string of the molecule is O=S(=O)(CCCCc1ccccc1)c1cccc(F)c1. The van der Waals surface area contributed by atoms with Crippen LogP contribution in [0, 0.1) is 5.82 Å². The second-order valence-electron chi connectivity index (χ2n) is 4.72. The number of benzene rings is 2. The van der Waals surface area contributed by atoms with Crippen LogP contribution in [0.15, 0.2) is 59.5 Å². The highest BCUT2D eigenvalue weighted by atomic mass is 32.2. The molecule has 0 spiro atoms. The Labute approximate surface area is 119 Å². The zero-order chi connectivity index (χ0) is 14.4. The first-order chi connectivity index (χ1) is 9.58. The lowest BCUT2D eigenvalue weighted by atomic mass is 10.1. The van der Waals surface area contributed by atoms with Crippen LogP contribution in [0.5, 0.6) is 0 Å². The van der Waals surface area contributed by atoms with Gasteiger partial charge in [-0.25, -0.2) is 12.8 Å². The van der Waals surface area contributed by atoms with Crippen molar-refractivity contribution in [2.24, 2.45) is 0 Å². The fraction of sp³-hybridized carbons (Fsp3) is 0.250. The van der Waals surface area contributed by atoms with Gasteiger partial charge in [0.1, 0.15) is 5.82 Å². The van der Waals surface area contributed by atoms with E-state index in [-0.39, 0.29) is 10.6 Å². The van der Waals surface area contributed by atoms with Crippen molar-refractivity contribution < 1.29 is 12.8 Å². The Kier molecular flexibility index (Phi) is 4.90. The van der Waals surface area contributed by atoms with Gasteiger partial charge in [0.05, 0.1) is 10.6 Å². The summed E-state index contributed by atoms with van der Waals surface area (Å²) in [4.78, 5) is 0.0669. The highest BCUT2D eigenvalue weighted by Gasteiger charge is 2.14. The molecular formula is C16H17FO2S. The van der Waals surface area contributed by atoms with Gasteiger partial charge >= 0.3 is 0 Å². The van der Waals surface area contributed by atoms with E-state index in [0.29, 0.717) is 6.42 Å². The molecule has 0 aliphatic carbocycles. The molecule has 2 aromatic carbocycles. The lowest BCUT2D eigenvalue weighted by molar-refractivity contribution is 0.586. The van der Waals surface area contributed by atoms with Crippen molar-refractivity contribution in [1.82, 2.24) is 0 Å². The molecule has 2 rings (SSSR count). The van der Waals surface area contributed by atoms with E-state index >= 15 is 0 Å². The molecule has 2 nitrogen and oxygen atoms in total. The first-order valence-electron chi connectivity index (χ1n) is 6.60. The van der Waals surface area contributed by atoms with Crippen LogP contribution in [-0.4, -0.2) is 14.2 Å². The molecular weight excluding hydrogens is 275 g/mol. The Balaban J connectivity index is 1.87. The van der Waals surface area contributed by atoms with Crippen molar-refractivity contribution >= 4 is 9.84 Å². The zero-order valence-corrected chi connectivity index (χ0v) is 11.9. The molecule has 20 heavy (non-hydrogen) atoms. The lowest BCUT2D eigenvalue weighted by Gasteiger charge is -2.05. The number of hydrogen-bond donors (Lipinski definition) is 0. The maximum atomic E-state index is 13.0. The van der Waals surface area contributed by atoms with Gasteiger partial charge in [-0.1, -0.05) is 36.4 Å². The fourth-order valence-corrected chi connectivity index (χ4v) is 3.44. The maximum Gasteiger partial charge on any atom is 0.178 e. The quantitative estimate of drug-likeness (QED) is 0.762. The Bertz CT molecular complexity index is 651. The fourth-order valence-electron chi connectivity index (χ4n) is 2.04. The monoisotopic (exact) mass is 292 g/mol. The summed E-state index contributed by atoms with van der Waals surface area (Å²) in [5.41, 5.74) is 1.20. The van der Waals surface area contributed by atoms with Crippen molar-refractivity contribution in [3.8, 4) is 0 Å². The van der Waals surface area contributed by atoms with Crippen LogP contribution in [0.4, 0.5) is 4.39 Å². The predicted octanol–water partition coefficient (Wildman–Crippen LogP) is 3.62. The minimum Gasteiger partial charge on any atom is -0.224 e. The van der Waals surface area contributed by atoms with Crippen molar-refractivity contribution in [3.05, 3.63) is 66.0 Å². The molecule has 0 unspecified atom stereocenters. The van der Waals surface area contributed by atoms with Gasteiger partial charge in [-0.15, -0.1) is 0 Å². The third kappa shape index (κ3) is 4.17. The van der Waals surface area contributed by atoms with E-state index in [1.165, 1.54) is 23.8 Å². The van der Waals surface area contributed by atoms with Crippen LogP contribution < -0.4 is 0 Å². The standard InChI is InChI=1S/C16H17FO2S/c17-15-10-6-11-16(13-15)20(18,19)12-5-4-9-14-7-2-1-3-8-14/h1-3,6-8,10-11,13H,4-5,9,12H2. The Morgan fingerprint density at radius 3 is 2.35 bits per heavy atom. The molecule has 4 heteroatoms. The van der Waals surface area contributed by atoms with Crippen LogP contribution in [0.2, 0.25) is 0 Å². The van der Waals surface area contributed by atoms with Crippen LogP contribution in [-0.2, 0) is 16.3 Å². The normalized spacial score (nSPS) is 11.4. The van der Waals surface area contributed by atoms with Crippen LogP contribution in [0.25, 0.3) is 0 Å². The van der Waals surface area contributed by atoms with Crippen molar-refractivity contribution in [1.29, 1.82) is 0 Å². The number of halogens is 1. The Hall–Kier alpha value is -1.68. The predicted molar refractivity (Wildman–Crippen MR) is 77.8 cm³/mol. The molecule has 0 N–H and O–H groups in total. The van der Waals surface area contributed by atoms with Gasteiger partial charge in [-0.2, -0.15) is 0 Å². The van der Waals surface area contributed by atoms with Gasteiger partial charge in [-0.05, 0) is 43.0 Å². The zero-order valence-electron chi connectivity index (χ0n) is 11.1. The summed E-state index contributed by atoms with van der Waals surface area (Å²) in [6.45, 7) is 0. The third-order valence-corrected chi connectivity index (χ3v) is 4.92. The van der Waals surface area contributed by atoms with E-state index < -0.39 is 15.7 Å². The minimum absolute atomic E-state index is 0.0588. The molecule has 2 aromatic rings. The van der Waals surface area contributed by atoms with Crippen molar-refractivity contribution in [3.63, 3.8) is 0 Å². The summed E-state index contributed by atoms with van der Waals surface area (Å²) < 4.78 is 37.1. The molecule has 0 fully saturated rings. The second-order valence-corrected chi connectivity index (χ2v) is 6.83. The molecule has 0 aromatic heterocycles. The van der Waals surface area contributed by atoms with E-state index in [2.05, 4.69) is 0 Å². The Morgan fingerprint density at radius 2 is 1.65 bits per heavy atom. The maximum absolute atomic E-state index is 13.0. The topological polar surface area (TPSA) is 34.1 Å². The van der Waals surface area contributed by atoms with Crippen molar-refractivity contribution in [2.45, 2.75) is 24.2 Å². The van der Waals surface area contributed by atoms with Crippen LogP contribution >= 0.6 is 0 Å². The smallest absolute Gasteiger partial charge is 0.178 e.